The summed E-state index contributed by atoms with van der Waals surface area (Å²) in [4.78, 5) is 14.7. The maximum Gasteiger partial charge on any atom is 0.233 e. The molecule has 4 rings (SSSR count). The molecule has 0 bridgehead atoms. The topological polar surface area (TPSA) is 72.3 Å². The van der Waals surface area contributed by atoms with Crippen LogP contribution in [0.25, 0.3) is 5.69 Å². The van der Waals surface area contributed by atoms with Gasteiger partial charge in [-0.05, 0) is 38.0 Å². The summed E-state index contributed by atoms with van der Waals surface area (Å²) >= 11 is 1.34. The number of hydrogen-bond acceptors (Lipinski definition) is 6. The predicted octanol–water partition coefficient (Wildman–Crippen LogP) is 2.78. The fourth-order valence-electron chi connectivity index (χ4n) is 3.75. The Morgan fingerprint density at radius 1 is 1.28 bits per heavy atom. The Labute approximate surface area is 174 Å². The van der Waals surface area contributed by atoms with Crippen LogP contribution in [0.2, 0.25) is 0 Å². The van der Waals surface area contributed by atoms with Crippen molar-refractivity contribution in [2.24, 2.45) is 0 Å². The number of rotatable bonds is 6. The van der Waals surface area contributed by atoms with E-state index in [0.717, 1.165) is 12.8 Å². The van der Waals surface area contributed by atoms with Gasteiger partial charge in [-0.2, -0.15) is 0 Å². The number of morpholine rings is 1. The molecule has 1 aliphatic heterocycles. The second-order valence-corrected chi connectivity index (χ2v) is 8.76. The van der Waals surface area contributed by atoms with Crippen molar-refractivity contribution in [3.05, 3.63) is 30.1 Å². The van der Waals surface area contributed by atoms with Gasteiger partial charge in [0.05, 0.1) is 24.2 Å². The van der Waals surface area contributed by atoms with Crippen LogP contribution in [0.4, 0.5) is 10.3 Å². The zero-order valence-electron chi connectivity index (χ0n) is 16.5. The molecule has 7 nitrogen and oxygen atoms in total. The summed E-state index contributed by atoms with van der Waals surface area (Å²) in [6.07, 6.45) is 4.43. The lowest BCUT2D eigenvalue weighted by molar-refractivity contribution is -0.120. The van der Waals surface area contributed by atoms with E-state index in [9.17, 15) is 9.18 Å². The monoisotopic (exact) mass is 419 g/mol. The average Bonchev–Trinajstić information content (AvgIpc) is 3.38. The first kappa shape index (κ1) is 20.2. The number of anilines is 1. The van der Waals surface area contributed by atoms with Gasteiger partial charge >= 0.3 is 0 Å². The van der Waals surface area contributed by atoms with Crippen molar-refractivity contribution in [3.8, 4) is 5.69 Å². The van der Waals surface area contributed by atoms with Crippen LogP contribution in [-0.2, 0) is 9.53 Å². The fourth-order valence-corrected chi connectivity index (χ4v) is 4.62. The molecule has 1 aromatic heterocycles. The molecule has 0 spiro atoms. The number of benzene rings is 1. The van der Waals surface area contributed by atoms with Gasteiger partial charge in [-0.1, -0.05) is 30.7 Å². The van der Waals surface area contributed by atoms with E-state index >= 15 is 0 Å². The summed E-state index contributed by atoms with van der Waals surface area (Å²) < 4.78 is 21.2. The molecule has 156 valence electrons. The standard InChI is InChI=1S/C20H26FN5O2S/c1-14(18(27)22-16-6-2-3-7-16)29-20-24-23-19(25-9-11-28-12-10-25)26(20)17-8-4-5-15(21)13-17/h4-5,8,13-14,16H,2-3,6-7,9-12H2,1H3,(H,22,27). The molecule has 2 fully saturated rings. The molecule has 1 aliphatic carbocycles. The summed E-state index contributed by atoms with van der Waals surface area (Å²) in [7, 11) is 0. The third-order valence-electron chi connectivity index (χ3n) is 5.33. The molecule has 1 N–H and O–H groups in total. The molecule has 1 aromatic carbocycles. The van der Waals surface area contributed by atoms with E-state index in [4.69, 9.17) is 4.74 Å². The zero-order valence-corrected chi connectivity index (χ0v) is 17.3. The molecule has 9 heteroatoms. The smallest absolute Gasteiger partial charge is 0.233 e. The van der Waals surface area contributed by atoms with Crippen LogP contribution in [-0.4, -0.2) is 58.3 Å². The highest BCUT2D eigenvalue weighted by molar-refractivity contribution is 8.00. The van der Waals surface area contributed by atoms with Gasteiger partial charge in [0.2, 0.25) is 11.9 Å². The number of halogens is 1. The minimum Gasteiger partial charge on any atom is -0.378 e. The van der Waals surface area contributed by atoms with Crippen molar-refractivity contribution >= 4 is 23.6 Å². The van der Waals surface area contributed by atoms with Gasteiger partial charge in [-0.25, -0.2) is 4.39 Å². The Morgan fingerprint density at radius 3 is 2.76 bits per heavy atom. The molecule has 2 aliphatic rings. The van der Waals surface area contributed by atoms with Crippen LogP contribution in [0.3, 0.4) is 0 Å². The summed E-state index contributed by atoms with van der Waals surface area (Å²) in [6, 6.07) is 6.63. The molecular weight excluding hydrogens is 393 g/mol. The van der Waals surface area contributed by atoms with Gasteiger partial charge < -0.3 is 15.0 Å². The number of aromatic nitrogens is 3. The highest BCUT2D eigenvalue weighted by Crippen LogP contribution is 2.30. The highest BCUT2D eigenvalue weighted by atomic mass is 32.2. The van der Waals surface area contributed by atoms with E-state index in [-0.39, 0.29) is 23.0 Å². The van der Waals surface area contributed by atoms with Crippen molar-refractivity contribution in [3.63, 3.8) is 0 Å². The SMILES string of the molecule is CC(Sc1nnc(N2CCOCC2)n1-c1cccc(F)c1)C(=O)NC1CCCC1. The van der Waals surface area contributed by atoms with Crippen molar-refractivity contribution in [2.75, 3.05) is 31.2 Å². The van der Waals surface area contributed by atoms with E-state index in [2.05, 4.69) is 20.4 Å². The van der Waals surface area contributed by atoms with E-state index in [1.807, 2.05) is 17.6 Å². The van der Waals surface area contributed by atoms with Crippen LogP contribution in [0.1, 0.15) is 32.6 Å². The lowest BCUT2D eigenvalue weighted by atomic mass is 10.2. The number of carbonyl (C=O) groups excluding carboxylic acids is 1. The summed E-state index contributed by atoms with van der Waals surface area (Å²) in [5, 5.41) is 12.1. The second-order valence-electron chi connectivity index (χ2n) is 7.45. The number of hydrogen-bond donors (Lipinski definition) is 1. The first-order valence-corrected chi connectivity index (χ1v) is 11.0. The zero-order chi connectivity index (χ0) is 20.2. The summed E-state index contributed by atoms with van der Waals surface area (Å²) in [6.45, 7) is 4.47. The molecule has 1 unspecified atom stereocenters. The van der Waals surface area contributed by atoms with Crippen molar-refractivity contribution in [2.45, 2.75) is 49.1 Å². The number of thioether (sulfide) groups is 1. The molecule has 1 amide bonds. The van der Waals surface area contributed by atoms with E-state index in [0.29, 0.717) is 43.1 Å². The first-order valence-electron chi connectivity index (χ1n) is 10.1. The van der Waals surface area contributed by atoms with Crippen LogP contribution in [0, 0.1) is 5.82 Å². The van der Waals surface area contributed by atoms with Gasteiger partial charge in [0.1, 0.15) is 5.82 Å². The van der Waals surface area contributed by atoms with Crippen molar-refractivity contribution in [1.29, 1.82) is 0 Å². The maximum absolute atomic E-state index is 13.9. The van der Waals surface area contributed by atoms with Crippen LogP contribution >= 0.6 is 11.8 Å². The Bertz CT molecular complexity index is 849. The first-order chi connectivity index (χ1) is 14.1. The quantitative estimate of drug-likeness (QED) is 0.726. The molecule has 2 heterocycles. The molecule has 1 saturated heterocycles. The second kappa shape index (κ2) is 9.13. The average molecular weight is 420 g/mol. The third-order valence-corrected chi connectivity index (χ3v) is 6.37. The van der Waals surface area contributed by atoms with Crippen LogP contribution in [0.15, 0.2) is 29.4 Å². The highest BCUT2D eigenvalue weighted by Gasteiger charge is 2.26. The third kappa shape index (κ3) is 4.72. The van der Waals surface area contributed by atoms with Crippen LogP contribution < -0.4 is 10.2 Å². The Morgan fingerprint density at radius 2 is 2.03 bits per heavy atom. The Kier molecular flexibility index (Phi) is 6.34. The Hall–Kier alpha value is -2.13. The summed E-state index contributed by atoms with van der Waals surface area (Å²) in [5.41, 5.74) is 0.641. The minimum absolute atomic E-state index is 0.00335. The number of nitrogens with one attached hydrogen (secondary N) is 1. The van der Waals surface area contributed by atoms with Crippen molar-refractivity contribution in [1.82, 2.24) is 20.1 Å². The van der Waals surface area contributed by atoms with Gasteiger partial charge in [0, 0.05) is 19.1 Å². The minimum atomic E-state index is -0.329. The maximum atomic E-state index is 13.9. The van der Waals surface area contributed by atoms with Crippen LogP contribution in [0.5, 0.6) is 0 Å². The number of ether oxygens (including phenoxy) is 1. The van der Waals surface area contributed by atoms with E-state index in [1.54, 1.807) is 6.07 Å². The normalized spacial score (nSPS) is 18.8. The number of nitrogens with zero attached hydrogens (tertiary/aromatic N) is 4. The molecule has 2 aromatic rings. The lowest BCUT2D eigenvalue weighted by Gasteiger charge is -2.28. The van der Waals surface area contributed by atoms with E-state index < -0.39 is 0 Å². The molecule has 29 heavy (non-hydrogen) atoms. The van der Waals surface area contributed by atoms with Gasteiger partial charge in [0.15, 0.2) is 5.16 Å². The van der Waals surface area contributed by atoms with Gasteiger partial charge in [0.25, 0.3) is 0 Å². The lowest BCUT2D eigenvalue weighted by Crippen LogP contribution is -2.38. The largest absolute Gasteiger partial charge is 0.378 e. The fraction of sp³-hybridized carbons (Fsp3) is 0.550. The van der Waals surface area contributed by atoms with Gasteiger partial charge in [-0.15, -0.1) is 10.2 Å². The molecule has 1 saturated carbocycles. The summed E-state index contributed by atoms with van der Waals surface area (Å²) in [5.74, 6) is 0.320. The number of amides is 1. The Balaban J connectivity index is 1.58. The molecular formula is C20H26FN5O2S. The molecule has 0 radical (unpaired) electrons. The van der Waals surface area contributed by atoms with Gasteiger partial charge in [-0.3, -0.25) is 9.36 Å². The predicted molar refractivity (Wildman–Crippen MR) is 110 cm³/mol. The van der Waals surface area contributed by atoms with E-state index in [1.165, 1.54) is 36.7 Å². The van der Waals surface area contributed by atoms with Crippen molar-refractivity contribution < 1.29 is 13.9 Å². The number of carbonyl (C=O) groups is 1. The molecule has 1 atom stereocenters.